The first-order valence-corrected chi connectivity index (χ1v) is 12.1. The molecule has 4 unspecified atom stereocenters. The molecule has 0 bridgehead atoms. The van der Waals surface area contributed by atoms with Crippen LogP contribution in [0.25, 0.3) is 0 Å². The molecule has 0 amide bonds. The van der Waals surface area contributed by atoms with Gasteiger partial charge in [-0.2, -0.15) is 0 Å². The van der Waals surface area contributed by atoms with Crippen LogP contribution in [0.5, 0.6) is 0 Å². The summed E-state index contributed by atoms with van der Waals surface area (Å²) in [5, 5.41) is 22.1. The predicted molar refractivity (Wildman–Crippen MR) is 112 cm³/mol. The smallest absolute Gasteiger partial charge is 0.163 e. The van der Waals surface area contributed by atoms with Gasteiger partial charge in [0.1, 0.15) is 0 Å². The van der Waals surface area contributed by atoms with Crippen molar-refractivity contribution in [3.8, 4) is 0 Å². The van der Waals surface area contributed by atoms with E-state index < -0.39 is 12.2 Å². The maximum absolute atomic E-state index is 11.1. The molecule has 0 aromatic carbocycles. The topological polar surface area (TPSA) is 58.9 Å². The van der Waals surface area contributed by atoms with Crippen LogP contribution in [0.1, 0.15) is 65.7 Å². The summed E-state index contributed by atoms with van der Waals surface area (Å²) in [4.78, 5) is 0. The van der Waals surface area contributed by atoms with E-state index in [1.54, 1.807) is 0 Å². The SMILES string of the molecule is CC=C[C@H]1CC[C@H]2[C@@H]3CCC4C(O)C(O)C(C5OCCO5)C[C@]4(C)[C@H]3CC[C@]12C. The Morgan fingerprint density at radius 1 is 0.793 bits per heavy atom. The van der Waals surface area contributed by atoms with Crippen LogP contribution in [0.4, 0.5) is 0 Å². The molecule has 1 aliphatic heterocycles. The minimum atomic E-state index is -0.730. The standard InChI is InChI=1S/C25H40O4/c1-4-5-15-6-8-18-16-7-9-20-22(27)21(26)17(23-28-12-13-29-23)14-25(20,3)19(16)10-11-24(15,18)2/h4-5,15-23,26-27H,6-14H2,1-3H3/t15-,16-,17?,18-,19-,20?,21?,22?,24+,25+/m0/s1. The number of fused-ring (bicyclic) bond motifs is 5. The van der Waals surface area contributed by atoms with Gasteiger partial charge in [0.05, 0.1) is 25.4 Å². The summed E-state index contributed by atoms with van der Waals surface area (Å²) >= 11 is 0. The van der Waals surface area contributed by atoms with E-state index in [1.165, 1.54) is 32.1 Å². The van der Waals surface area contributed by atoms with Crippen molar-refractivity contribution in [2.75, 3.05) is 13.2 Å². The molecule has 10 atom stereocenters. The maximum atomic E-state index is 11.1. The summed E-state index contributed by atoms with van der Waals surface area (Å²) in [6.07, 6.45) is 11.4. The first-order valence-electron chi connectivity index (χ1n) is 12.1. The van der Waals surface area contributed by atoms with Crippen molar-refractivity contribution >= 4 is 0 Å². The third kappa shape index (κ3) is 2.92. The van der Waals surface area contributed by atoms with Crippen LogP contribution >= 0.6 is 0 Å². The molecule has 2 N–H and O–H groups in total. The lowest BCUT2D eigenvalue weighted by Crippen LogP contribution is -2.62. The average Bonchev–Trinajstić information content (AvgIpc) is 3.34. The van der Waals surface area contributed by atoms with Crippen molar-refractivity contribution in [3.05, 3.63) is 12.2 Å². The Labute approximate surface area is 176 Å². The molecule has 4 nitrogen and oxygen atoms in total. The van der Waals surface area contributed by atoms with E-state index in [0.29, 0.717) is 24.5 Å². The normalized spacial score (nSPS) is 55.6. The molecule has 4 saturated carbocycles. The van der Waals surface area contributed by atoms with E-state index in [0.717, 1.165) is 30.6 Å². The number of rotatable bonds is 2. The van der Waals surface area contributed by atoms with Crippen LogP contribution in [0.15, 0.2) is 12.2 Å². The molecule has 1 saturated heterocycles. The summed E-state index contributed by atoms with van der Waals surface area (Å²) in [6.45, 7) is 8.34. The van der Waals surface area contributed by atoms with Gasteiger partial charge in [-0.05, 0) is 92.3 Å². The van der Waals surface area contributed by atoms with Crippen molar-refractivity contribution in [2.45, 2.75) is 84.2 Å². The predicted octanol–water partition coefficient (Wildman–Crippen LogP) is 4.15. The highest BCUT2D eigenvalue weighted by Crippen LogP contribution is 2.68. The van der Waals surface area contributed by atoms with Crippen molar-refractivity contribution in [1.82, 2.24) is 0 Å². The largest absolute Gasteiger partial charge is 0.390 e. The van der Waals surface area contributed by atoms with Crippen molar-refractivity contribution in [3.63, 3.8) is 0 Å². The van der Waals surface area contributed by atoms with Crippen LogP contribution in [-0.4, -0.2) is 41.9 Å². The fourth-order valence-corrected chi connectivity index (χ4v) is 8.94. The molecule has 5 aliphatic rings. The third-order valence-corrected chi connectivity index (χ3v) is 10.3. The lowest BCUT2D eigenvalue weighted by Gasteiger charge is -2.63. The van der Waals surface area contributed by atoms with E-state index >= 15 is 0 Å². The lowest BCUT2D eigenvalue weighted by atomic mass is 9.43. The molecule has 5 rings (SSSR count). The molecular formula is C25H40O4. The molecule has 0 aromatic rings. The van der Waals surface area contributed by atoms with E-state index in [4.69, 9.17) is 9.47 Å². The van der Waals surface area contributed by atoms with E-state index in [-0.39, 0.29) is 23.5 Å². The van der Waals surface area contributed by atoms with Gasteiger partial charge in [-0.1, -0.05) is 26.0 Å². The van der Waals surface area contributed by atoms with E-state index in [1.807, 2.05) is 0 Å². The Bertz CT molecular complexity index is 643. The number of aliphatic hydroxyl groups excluding tert-OH is 2. The van der Waals surface area contributed by atoms with Crippen LogP contribution in [0.3, 0.4) is 0 Å². The third-order valence-electron chi connectivity index (χ3n) is 10.3. The van der Waals surface area contributed by atoms with Crippen LogP contribution in [-0.2, 0) is 9.47 Å². The maximum Gasteiger partial charge on any atom is 0.163 e. The highest BCUT2D eigenvalue weighted by Gasteiger charge is 2.63. The second kappa shape index (κ2) is 7.32. The second-order valence-corrected chi connectivity index (χ2v) is 11.3. The minimum absolute atomic E-state index is 0.0710. The van der Waals surface area contributed by atoms with Crippen molar-refractivity contribution in [1.29, 1.82) is 0 Å². The van der Waals surface area contributed by atoms with Gasteiger partial charge in [-0.3, -0.25) is 0 Å². The molecule has 0 spiro atoms. The Balaban J connectivity index is 1.43. The number of ether oxygens (including phenoxy) is 2. The Kier molecular flexibility index (Phi) is 5.17. The molecule has 1 heterocycles. The molecule has 0 radical (unpaired) electrons. The highest BCUT2D eigenvalue weighted by atomic mass is 16.7. The van der Waals surface area contributed by atoms with Gasteiger partial charge in [-0.15, -0.1) is 0 Å². The number of allylic oxidation sites excluding steroid dienone is 2. The summed E-state index contributed by atoms with van der Waals surface area (Å²) in [5.41, 5.74) is 0.516. The number of hydrogen-bond donors (Lipinski definition) is 2. The molecule has 0 aromatic heterocycles. The zero-order valence-electron chi connectivity index (χ0n) is 18.4. The highest BCUT2D eigenvalue weighted by molar-refractivity contribution is 5.14. The van der Waals surface area contributed by atoms with Crippen molar-refractivity contribution < 1.29 is 19.7 Å². The summed E-state index contributed by atoms with van der Waals surface area (Å²) in [6, 6.07) is 0. The number of hydrogen-bond acceptors (Lipinski definition) is 4. The number of aliphatic hydroxyl groups is 2. The van der Waals surface area contributed by atoms with Crippen LogP contribution in [0.2, 0.25) is 0 Å². The molecule has 4 heteroatoms. The molecule has 4 aliphatic carbocycles. The minimum Gasteiger partial charge on any atom is -0.390 e. The summed E-state index contributed by atoms with van der Waals surface area (Å²) in [7, 11) is 0. The molecule has 5 fully saturated rings. The van der Waals surface area contributed by atoms with E-state index in [9.17, 15) is 10.2 Å². The van der Waals surface area contributed by atoms with Gasteiger partial charge in [0.15, 0.2) is 6.29 Å². The molecular weight excluding hydrogens is 364 g/mol. The van der Waals surface area contributed by atoms with E-state index in [2.05, 4.69) is 32.9 Å². The van der Waals surface area contributed by atoms with Gasteiger partial charge in [0.25, 0.3) is 0 Å². The molecule has 164 valence electrons. The summed E-state index contributed by atoms with van der Waals surface area (Å²) in [5.74, 6) is 3.04. The first-order chi connectivity index (χ1) is 13.9. The fourth-order valence-electron chi connectivity index (χ4n) is 8.94. The van der Waals surface area contributed by atoms with Crippen LogP contribution in [0, 0.1) is 46.3 Å². The fraction of sp³-hybridized carbons (Fsp3) is 0.920. The zero-order valence-corrected chi connectivity index (χ0v) is 18.4. The Morgan fingerprint density at radius 2 is 1.48 bits per heavy atom. The van der Waals surface area contributed by atoms with Crippen LogP contribution < -0.4 is 0 Å². The van der Waals surface area contributed by atoms with Crippen molar-refractivity contribution in [2.24, 2.45) is 46.3 Å². The monoisotopic (exact) mass is 404 g/mol. The van der Waals surface area contributed by atoms with Gasteiger partial charge in [0, 0.05) is 5.92 Å². The second-order valence-electron chi connectivity index (χ2n) is 11.3. The van der Waals surface area contributed by atoms with Gasteiger partial charge in [0.2, 0.25) is 0 Å². The molecule has 29 heavy (non-hydrogen) atoms. The quantitative estimate of drug-likeness (QED) is 0.679. The zero-order chi connectivity index (χ0) is 20.4. The van der Waals surface area contributed by atoms with Gasteiger partial charge < -0.3 is 19.7 Å². The Morgan fingerprint density at radius 3 is 2.21 bits per heavy atom. The average molecular weight is 405 g/mol. The first kappa shape index (κ1) is 20.5. The lowest BCUT2D eigenvalue weighted by molar-refractivity contribution is -0.229. The van der Waals surface area contributed by atoms with Gasteiger partial charge in [-0.25, -0.2) is 0 Å². The van der Waals surface area contributed by atoms with Gasteiger partial charge >= 0.3 is 0 Å². The summed E-state index contributed by atoms with van der Waals surface area (Å²) < 4.78 is 11.6. The Hall–Kier alpha value is -0.420.